The van der Waals surface area contributed by atoms with Gasteiger partial charge in [0.2, 0.25) is 0 Å². The van der Waals surface area contributed by atoms with Crippen LogP contribution in [-0.4, -0.2) is 38.1 Å². The van der Waals surface area contributed by atoms with Gasteiger partial charge in [0.1, 0.15) is 0 Å². The molecule has 4 nitrogen and oxygen atoms in total. The zero-order valence-corrected chi connectivity index (χ0v) is 10.9. The summed E-state index contributed by atoms with van der Waals surface area (Å²) in [7, 11) is 3.93. The number of hydrogen-bond acceptors (Lipinski definition) is 2. The Morgan fingerprint density at radius 1 is 1.24 bits per heavy atom. The standard InChI is InChI=1S/C12H18ClN3O/c1-16(2)8-7-14-12(17)15-9-10-3-5-11(13)6-4-10/h3-6H,7-9H2,1-2H3,(H2,14,15,17). The van der Waals surface area contributed by atoms with E-state index in [9.17, 15) is 4.79 Å². The molecule has 0 saturated heterocycles. The van der Waals surface area contributed by atoms with Crippen LogP contribution in [0.15, 0.2) is 24.3 Å². The first kappa shape index (κ1) is 13.8. The molecule has 0 spiro atoms. The predicted molar refractivity (Wildman–Crippen MR) is 70.2 cm³/mol. The second-order valence-electron chi connectivity index (χ2n) is 4.04. The molecule has 0 aliphatic heterocycles. The Labute approximate surface area is 107 Å². The van der Waals surface area contributed by atoms with Gasteiger partial charge < -0.3 is 15.5 Å². The van der Waals surface area contributed by atoms with Crippen LogP contribution in [0.1, 0.15) is 5.56 Å². The van der Waals surface area contributed by atoms with E-state index in [4.69, 9.17) is 11.6 Å². The highest BCUT2D eigenvalue weighted by atomic mass is 35.5. The maximum atomic E-state index is 11.4. The first-order valence-corrected chi connectivity index (χ1v) is 5.86. The summed E-state index contributed by atoms with van der Waals surface area (Å²) >= 11 is 5.77. The van der Waals surface area contributed by atoms with Crippen LogP contribution in [0.4, 0.5) is 4.79 Å². The van der Waals surface area contributed by atoms with Crippen molar-refractivity contribution in [1.29, 1.82) is 0 Å². The Morgan fingerprint density at radius 2 is 1.88 bits per heavy atom. The minimum atomic E-state index is -0.151. The lowest BCUT2D eigenvalue weighted by molar-refractivity contribution is 0.239. The highest BCUT2D eigenvalue weighted by Gasteiger charge is 2.00. The molecule has 2 N–H and O–H groups in total. The summed E-state index contributed by atoms with van der Waals surface area (Å²) in [6.07, 6.45) is 0. The lowest BCUT2D eigenvalue weighted by Crippen LogP contribution is -2.38. The molecule has 0 radical (unpaired) electrons. The molecule has 0 aliphatic rings. The van der Waals surface area contributed by atoms with Crippen molar-refractivity contribution in [1.82, 2.24) is 15.5 Å². The summed E-state index contributed by atoms with van der Waals surface area (Å²) < 4.78 is 0. The van der Waals surface area contributed by atoms with Crippen LogP contribution >= 0.6 is 11.6 Å². The van der Waals surface area contributed by atoms with Gasteiger partial charge in [-0.1, -0.05) is 23.7 Å². The van der Waals surface area contributed by atoms with Crippen LogP contribution in [0.3, 0.4) is 0 Å². The maximum Gasteiger partial charge on any atom is 0.315 e. The van der Waals surface area contributed by atoms with Crippen molar-refractivity contribution in [2.24, 2.45) is 0 Å². The molecule has 0 atom stereocenters. The number of urea groups is 1. The van der Waals surface area contributed by atoms with Crippen molar-refractivity contribution in [2.45, 2.75) is 6.54 Å². The molecule has 0 aromatic heterocycles. The second kappa shape index (κ2) is 7.14. The number of benzene rings is 1. The van der Waals surface area contributed by atoms with Gasteiger partial charge in [-0.25, -0.2) is 4.79 Å². The molecule has 1 aromatic rings. The predicted octanol–water partition coefficient (Wildman–Crippen LogP) is 1.70. The highest BCUT2D eigenvalue weighted by molar-refractivity contribution is 6.30. The first-order valence-electron chi connectivity index (χ1n) is 5.49. The summed E-state index contributed by atoms with van der Waals surface area (Å²) in [5, 5.41) is 6.26. The van der Waals surface area contributed by atoms with E-state index in [1.807, 2.05) is 43.3 Å². The molecule has 0 unspecified atom stereocenters. The fourth-order valence-corrected chi connectivity index (χ4v) is 1.37. The minimum Gasteiger partial charge on any atom is -0.337 e. The van der Waals surface area contributed by atoms with E-state index in [0.29, 0.717) is 18.1 Å². The zero-order valence-electron chi connectivity index (χ0n) is 10.2. The molecule has 1 rings (SSSR count). The Kier molecular flexibility index (Phi) is 5.80. The molecule has 0 aliphatic carbocycles. The lowest BCUT2D eigenvalue weighted by Gasteiger charge is -2.11. The van der Waals surface area contributed by atoms with Gasteiger partial charge in [-0.3, -0.25) is 0 Å². The summed E-state index contributed by atoms with van der Waals surface area (Å²) in [4.78, 5) is 13.4. The van der Waals surface area contributed by atoms with Gasteiger partial charge in [0, 0.05) is 24.7 Å². The third kappa shape index (κ3) is 6.14. The average molecular weight is 256 g/mol. The van der Waals surface area contributed by atoms with Gasteiger partial charge in [-0.2, -0.15) is 0 Å². The molecule has 17 heavy (non-hydrogen) atoms. The van der Waals surface area contributed by atoms with Gasteiger partial charge in [0.05, 0.1) is 0 Å². The maximum absolute atomic E-state index is 11.4. The van der Waals surface area contributed by atoms with Gasteiger partial charge in [-0.05, 0) is 31.8 Å². The Bertz CT molecular complexity index is 351. The number of rotatable bonds is 5. The van der Waals surface area contributed by atoms with E-state index < -0.39 is 0 Å². The quantitative estimate of drug-likeness (QED) is 0.841. The fraction of sp³-hybridized carbons (Fsp3) is 0.417. The van der Waals surface area contributed by atoms with Gasteiger partial charge >= 0.3 is 6.03 Å². The van der Waals surface area contributed by atoms with Crippen molar-refractivity contribution < 1.29 is 4.79 Å². The van der Waals surface area contributed by atoms with Crippen molar-refractivity contribution in [3.63, 3.8) is 0 Å². The molecule has 0 fully saturated rings. The summed E-state index contributed by atoms with van der Waals surface area (Å²) in [6.45, 7) is 1.97. The normalized spacial score (nSPS) is 10.4. The number of nitrogens with zero attached hydrogens (tertiary/aromatic N) is 1. The number of amides is 2. The van der Waals surface area contributed by atoms with Gasteiger partial charge in [0.15, 0.2) is 0 Å². The van der Waals surface area contributed by atoms with Crippen molar-refractivity contribution in [3.05, 3.63) is 34.9 Å². The van der Waals surface area contributed by atoms with E-state index in [0.717, 1.165) is 12.1 Å². The first-order chi connectivity index (χ1) is 8.08. The van der Waals surface area contributed by atoms with Crippen LogP contribution in [0, 0.1) is 0 Å². The fourth-order valence-electron chi connectivity index (χ4n) is 1.24. The van der Waals surface area contributed by atoms with Crippen molar-refractivity contribution in [3.8, 4) is 0 Å². The Balaban J connectivity index is 2.21. The minimum absolute atomic E-state index is 0.151. The number of carbonyl (C=O) groups excluding carboxylic acids is 1. The van der Waals surface area contributed by atoms with E-state index >= 15 is 0 Å². The van der Waals surface area contributed by atoms with Crippen molar-refractivity contribution in [2.75, 3.05) is 27.2 Å². The Hall–Kier alpha value is -1.26. The number of carbonyl (C=O) groups is 1. The third-order valence-electron chi connectivity index (χ3n) is 2.21. The van der Waals surface area contributed by atoms with Crippen LogP contribution < -0.4 is 10.6 Å². The van der Waals surface area contributed by atoms with Crippen LogP contribution in [-0.2, 0) is 6.54 Å². The number of likely N-dealkylation sites (N-methyl/N-ethyl adjacent to an activating group) is 1. The number of halogens is 1. The average Bonchev–Trinajstić information content (AvgIpc) is 2.28. The number of nitrogens with one attached hydrogen (secondary N) is 2. The summed E-state index contributed by atoms with van der Waals surface area (Å²) in [5.74, 6) is 0. The Morgan fingerprint density at radius 3 is 2.47 bits per heavy atom. The van der Waals surface area contributed by atoms with Gasteiger partial charge in [-0.15, -0.1) is 0 Å². The molecule has 94 valence electrons. The SMILES string of the molecule is CN(C)CCNC(=O)NCc1ccc(Cl)cc1. The van der Waals surface area contributed by atoms with E-state index in [-0.39, 0.29) is 6.03 Å². The largest absolute Gasteiger partial charge is 0.337 e. The molecular formula is C12H18ClN3O. The highest BCUT2D eigenvalue weighted by Crippen LogP contribution is 2.08. The van der Waals surface area contributed by atoms with E-state index in [1.54, 1.807) is 0 Å². The summed E-state index contributed by atoms with van der Waals surface area (Å²) in [5.41, 5.74) is 1.03. The molecule has 2 amide bonds. The zero-order chi connectivity index (χ0) is 12.7. The van der Waals surface area contributed by atoms with Gasteiger partial charge in [0.25, 0.3) is 0 Å². The molecule has 1 aromatic carbocycles. The molecule has 0 saturated carbocycles. The number of hydrogen-bond donors (Lipinski definition) is 2. The monoisotopic (exact) mass is 255 g/mol. The van der Waals surface area contributed by atoms with E-state index in [1.165, 1.54) is 0 Å². The molecular weight excluding hydrogens is 238 g/mol. The van der Waals surface area contributed by atoms with Crippen LogP contribution in [0.2, 0.25) is 5.02 Å². The molecule has 0 heterocycles. The topological polar surface area (TPSA) is 44.4 Å². The molecule has 0 bridgehead atoms. The third-order valence-corrected chi connectivity index (χ3v) is 2.46. The van der Waals surface area contributed by atoms with Crippen molar-refractivity contribution >= 4 is 17.6 Å². The molecule has 5 heteroatoms. The lowest BCUT2D eigenvalue weighted by atomic mass is 10.2. The second-order valence-corrected chi connectivity index (χ2v) is 4.48. The van der Waals surface area contributed by atoms with E-state index in [2.05, 4.69) is 10.6 Å². The van der Waals surface area contributed by atoms with Crippen LogP contribution in [0.5, 0.6) is 0 Å². The van der Waals surface area contributed by atoms with Crippen LogP contribution in [0.25, 0.3) is 0 Å². The summed E-state index contributed by atoms with van der Waals surface area (Å²) in [6, 6.07) is 7.25. The smallest absolute Gasteiger partial charge is 0.315 e.